The third-order valence-electron chi connectivity index (χ3n) is 6.13. The lowest BCUT2D eigenvalue weighted by atomic mass is 9.96. The molecule has 3 rings (SSSR count). The van der Waals surface area contributed by atoms with E-state index >= 15 is 0 Å². The number of hydrogen-bond donors (Lipinski definition) is 0. The van der Waals surface area contributed by atoms with Crippen LogP contribution in [0.4, 0.5) is 0 Å². The second-order valence-corrected chi connectivity index (χ2v) is 7.71. The van der Waals surface area contributed by atoms with Crippen molar-refractivity contribution in [3.05, 3.63) is 0 Å². The number of rotatable bonds is 3. The Hall–Kier alpha value is -0.610. The van der Waals surface area contributed by atoms with E-state index in [0.29, 0.717) is 18.0 Å². The number of likely N-dealkylation sites (tertiary alicyclic amines) is 2. The Kier molecular flexibility index (Phi) is 5.40. The van der Waals surface area contributed by atoms with Gasteiger partial charge >= 0.3 is 0 Å². The highest BCUT2D eigenvalue weighted by molar-refractivity contribution is 5.82. The molecule has 2 saturated heterocycles. The van der Waals surface area contributed by atoms with E-state index in [2.05, 4.69) is 28.8 Å². The molecule has 0 spiro atoms. The van der Waals surface area contributed by atoms with Crippen LogP contribution in [0.3, 0.4) is 0 Å². The minimum atomic E-state index is 0.188. The molecule has 22 heavy (non-hydrogen) atoms. The van der Waals surface area contributed by atoms with Gasteiger partial charge in [0.15, 0.2) is 0 Å². The summed E-state index contributed by atoms with van der Waals surface area (Å²) in [6.45, 7) is 3.06. The summed E-state index contributed by atoms with van der Waals surface area (Å²) in [7, 11) is 4.32. The average molecular weight is 307 g/mol. The molecule has 0 radical (unpaired) electrons. The van der Waals surface area contributed by atoms with Crippen LogP contribution < -0.4 is 0 Å². The number of carbonyl (C=O) groups excluding carboxylic acids is 1. The van der Waals surface area contributed by atoms with Crippen LogP contribution in [-0.2, 0) is 4.79 Å². The van der Waals surface area contributed by atoms with Crippen LogP contribution in [-0.4, -0.2) is 72.5 Å². The number of nitrogens with zero attached hydrogens (tertiary/aromatic N) is 3. The topological polar surface area (TPSA) is 26.8 Å². The molecule has 4 heteroatoms. The summed E-state index contributed by atoms with van der Waals surface area (Å²) in [5, 5.41) is 0. The smallest absolute Gasteiger partial charge is 0.239 e. The van der Waals surface area contributed by atoms with Gasteiger partial charge in [-0.25, -0.2) is 0 Å². The quantitative estimate of drug-likeness (QED) is 0.801. The number of hydrogen-bond acceptors (Lipinski definition) is 3. The maximum absolute atomic E-state index is 13.1. The second-order valence-electron chi connectivity index (χ2n) is 7.71. The summed E-state index contributed by atoms with van der Waals surface area (Å²) in [5.41, 5.74) is 0. The van der Waals surface area contributed by atoms with Crippen molar-refractivity contribution in [3.8, 4) is 0 Å². The zero-order chi connectivity index (χ0) is 15.5. The fourth-order valence-electron chi connectivity index (χ4n) is 4.71. The summed E-state index contributed by atoms with van der Waals surface area (Å²) in [5.74, 6) is 0.434. The molecule has 0 aromatic heterocycles. The predicted octanol–water partition coefficient (Wildman–Crippen LogP) is 2.34. The molecule has 0 aromatic carbocycles. The monoisotopic (exact) mass is 307 g/mol. The van der Waals surface area contributed by atoms with Crippen molar-refractivity contribution in [2.75, 3.05) is 33.7 Å². The number of amides is 1. The van der Waals surface area contributed by atoms with E-state index in [-0.39, 0.29) is 6.04 Å². The Morgan fingerprint density at radius 2 is 1.50 bits per heavy atom. The van der Waals surface area contributed by atoms with Gasteiger partial charge in [-0.15, -0.1) is 0 Å². The molecule has 4 nitrogen and oxygen atoms in total. The van der Waals surface area contributed by atoms with E-state index in [9.17, 15) is 4.79 Å². The highest BCUT2D eigenvalue weighted by Crippen LogP contribution is 2.30. The lowest BCUT2D eigenvalue weighted by molar-refractivity contribution is -0.141. The van der Waals surface area contributed by atoms with Crippen LogP contribution in [0, 0.1) is 0 Å². The minimum absolute atomic E-state index is 0.188. The van der Waals surface area contributed by atoms with Gasteiger partial charge in [0.2, 0.25) is 5.91 Å². The Morgan fingerprint density at radius 3 is 2.14 bits per heavy atom. The normalized spacial score (nSPS) is 29.4. The molecule has 1 saturated carbocycles. The van der Waals surface area contributed by atoms with Crippen LogP contribution in [0.2, 0.25) is 0 Å². The molecule has 0 N–H and O–H groups in total. The van der Waals surface area contributed by atoms with E-state index < -0.39 is 0 Å². The van der Waals surface area contributed by atoms with E-state index in [1.54, 1.807) is 0 Å². The van der Waals surface area contributed by atoms with Crippen molar-refractivity contribution in [2.24, 2.45) is 0 Å². The van der Waals surface area contributed by atoms with E-state index in [1.807, 2.05) is 0 Å². The summed E-state index contributed by atoms with van der Waals surface area (Å²) in [6, 6.07) is 1.53. The molecule has 0 bridgehead atoms. The SMILES string of the molecule is CN(C)C1CCN(C(=O)C2CCCCN2C2CCCC2)CC1. The molecule has 2 heterocycles. The molecule has 126 valence electrons. The zero-order valence-corrected chi connectivity index (χ0v) is 14.5. The van der Waals surface area contributed by atoms with Crippen molar-refractivity contribution in [1.29, 1.82) is 0 Å². The van der Waals surface area contributed by atoms with Crippen molar-refractivity contribution >= 4 is 5.91 Å². The molecular weight excluding hydrogens is 274 g/mol. The minimum Gasteiger partial charge on any atom is -0.341 e. The Morgan fingerprint density at radius 1 is 0.864 bits per heavy atom. The molecule has 1 aliphatic carbocycles. The standard InChI is InChI=1S/C18H33N3O/c1-19(2)15-10-13-20(14-11-15)18(22)17-9-5-6-12-21(17)16-7-3-4-8-16/h15-17H,3-14H2,1-2H3. The fourth-order valence-corrected chi connectivity index (χ4v) is 4.71. The van der Waals surface area contributed by atoms with Gasteiger partial charge in [0.05, 0.1) is 6.04 Å². The summed E-state index contributed by atoms with van der Waals surface area (Å²) >= 11 is 0. The fraction of sp³-hybridized carbons (Fsp3) is 0.944. The Bertz CT molecular complexity index is 371. The van der Waals surface area contributed by atoms with Gasteiger partial charge in [0, 0.05) is 25.2 Å². The number of carbonyl (C=O) groups is 1. The van der Waals surface area contributed by atoms with Crippen LogP contribution in [0.25, 0.3) is 0 Å². The van der Waals surface area contributed by atoms with E-state index in [4.69, 9.17) is 0 Å². The van der Waals surface area contributed by atoms with Crippen molar-refractivity contribution in [1.82, 2.24) is 14.7 Å². The highest BCUT2D eigenvalue weighted by Gasteiger charge is 2.37. The largest absolute Gasteiger partial charge is 0.341 e. The van der Waals surface area contributed by atoms with Crippen LogP contribution in [0.1, 0.15) is 57.8 Å². The van der Waals surface area contributed by atoms with Gasteiger partial charge in [-0.1, -0.05) is 19.3 Å². The molecule has 1 atom stereocenters. The Labute approximate surface area is 135 Å². The maximum Gasteiger partial charge on any atom is 0.239 e. The molecule has 1 amide bonds. The van der Waals surface area contributed by atoms with Crippen molar-refractivity contribution in [3.63, 3.8) is 0 Å². The summed E-state index contributed by atoms with van der Waals surface area (Å²) in [6.07, 6.45) is 11.2. The third-order valence-corrected chi connectivity index (χ3v) is 6.13. The van der Waals surface area contributed by atoms with Crippen LogP contribution in [0.15, 0.2) is 0 Å². The van der Waals surface area contributed by atoms with E-state index in [0.717, 1.165) is 38.9 Å². The molecule has 1 unspecified atom stereocenters. The first-order valence-corrected chi connectivity index (χ1v) is 9.38. The second kappa shape index (κ2) is 7.31. The van der Waals surface area contributed by atoms with Gasteiger partial charge < -0.3 is 9.80 Å². The van der Waals surface area contributed by atoms with Gasteiger partial charge in [-0.05, 0) is 59.2 Å². The first-order chi connectivity index (χ1) is 10.7. The number of piperidine rings is 2. The Balaban J connectivity index is 1.60. The van der Waals surface area contributed by atoms with Gasteiger partial charge in [-0.2, -0.15) is 0 Å². The zero-order valence-electron chi connectivity index (χ0n) is 14.5. The molecule has 0 aromatic rings. The van der Waals surface area contributed by atoms with Gasteiger partial charge in [-0.3, -0.25) is 9.69 Å². The summed E-state index contributed by atoms with van der Waals surface area (Å²) in [4.78, 5) is 20.1. The van der Waals surface area contributed by atoms with Gasteiger partial charge in [0.1, 0.15) is 0 Å². The first-order valence-electron chi connectivity index (χ1n) is 9.38. The first kappa shape index (κ1) is 16.3. The molecule has 2 aliphatic heterocycles. The maximum atomic E-state index is 13.1. The summed E-state index contributed by atoms with van der Waals surface area (Å²) < 4.78 is 0. The molecule has 3 aliphatic rings. The molecular formula is C18H33N3O. The average Bonchev–Trinajstić information content (AvgIpc) is 3.08. The lowest BCUT2D eigenvalue weighted by Crippen LogP contribution is -2.56. The van der Waals surface area contributed by atoms with E-state index in [1.165, 1.54) is 38.5 Å². The van der Waals surface area contributed by atoms with Crippen molar-refractivity contribution < 1.29 is 4.79 Å². The predicted molar refractivity (Wildman–Crippen MR) is 89.9 cm³/mol. The van der Waals surface area contributed by atoms with Crippen LogP contribution >= 0.6 is 0 Å². The highest BCUT2D eigenvalue weighted by atomic mass is 16.2. The molecule has 3 fully saturated rings. The van der Waals surface area contributed by atoms with Crippen molar-refractivity contribution in [2.45, 2.75) is 75.9 Å². The third kappa shape index (κ3) is 3.48. The van der Waals surface area contributed by atoms with Gasteiger partial charge in [0.25, 0.3) is 0 Å². The van der Waals surface area contributed by atoms with Crippen LogP contribution in [0.5, 0.6) is 0 Å². The lowest BCUT2D eigenvalue weighted by Gasteiger charge is -2.43.